The van der Waals surface area contributed by atoms with E-state index in [1.807, 2.05) is 37.3 Å². The molecule has 0 spiro atoms. The number of ether oxygens (including phenoxy) is 1. The Hall–Kier alpha value is -1.84. The van der Waals surface area contributed by atoms with Gasteiger partial charge >= 0.3 is 5.97 Å². The number of nitrogens with zero attached hydrogens (tertiary/aromatic N) is 1. The summed E-state index contributed by atoms with van der Waals surface area (Å²) in [6.07, 6.45) is 2.28. The summed E-state index contributed by atoms with van der Waals surface area (Å²) >= 11 is 0. The molecule has 0 radical (unpaired) electrons. The monoisotopic (exact) mass is 277 g/mol. The summed E-state index contributed by atoms with van der Waals surface area (Å²) in [5.74, 6) is -0.350. The van der Waals surface area contributed by atoms with Crippen LogP contribution in [0.1, 0.15) is 38.7 Å². The lowest BCUT2D eigenvalue weighted by molar-refractivity contribution is -0.149. The molecule has 4 heteroatoms. The van der Waals surface area contributed by atoms with Crippen molar-refractivity contribution in [2.24, 2.45) is 0 Å². The zero-order chi connectivity index (χ0) is 14.8. The third kappa shape index (κ3) is 5.87. The van der Waals surface area contributed by atoms with Gasteiger partial charge in [0.25, 0.3) is 0 Å². The van der Waals surface area contributed by atoms with Crippen LogP contribution in [-0.4, -0.2) is 29.9 Å². The number of esters is 1. The number of rotatable bonds is 8. The van der Waals surface area contributed by atoms with Gasteiger partial charge in [0.05, 0.1) is 6.61 Å². The molecule has 1 aromatic rings. The first-order valence-corrected chi connectivity index (χ1v) is 7.14. The van der Waals surface area contributed by atoms with Crippen LogP contribution >= 0.6 is 0 Å². The van der Waals surface area contributed by atoms with E-state index in [9.17, 15) is 9.59 Å². The molecule has 4 nitrogen and oxygen atoms in total. The Bertz CT molecular complexity index is 417. The maximum atomic E-state index is 12.2. The lowest BCUT2D eigenvalue weighted by Crippen LogP contribution is -2.35. The van der Waals surface area contributed by atoms with Gasteiger partial charge in [0.2, 0.25) is 5.91 Å². The minimum atomic E-state index is -0.353. The molecule has 0 heterocycles. The van der Waals surface area contributed by atoms with Crippen LogP contribution in [-0.2, 0) is 20.9 Å². The van der Waals surface area contributed by atoms with Gasteiger partial charge in [0.15, 0.2) is 0 Å². The average Bonchev–Trinajstić information content (AvgIpc) is 2.45. The Balaban J connectivity index is 2.67. The Morgan fingerprint density at radius 1 is 1.15 bits per heavy atom. The first kappa shape index (κ1) is 16.2. The smallest absolute Gasteiger partial charge is 0.325 e. The van der Waals surface area contributed by atoms with Crippen LogP contribution in [0.2, 0.25) is 0 Å². The molecule has 110 valence electrons. The molecule has 0 bridgehead atoms. The van der Waals surface area contributed by atoms with Gasteiger partial charge in [-0.2, -0.15) is 0 Å². The molecule has 0 saturated heterocycles. The van der Waals surface area contributed by atoms with E-state index in [1.54, 1.807) is 11.8 Å². The van der Waals surface area contributed by atoms with Crippen molar-refractivity contribution in [1.29, 1.82) is 0 Å². The fraction of sp³-hybridized carbons (Fsp3) is 0.500. The Morgan fingerprint density at radius 2 is 1.85 bits per heavy atom. The van der Waals surface area contributed by atoms with E-state index in [0.29, 0.717) is 19.6 Å². The maximum Gasteiger partial charge on any atom is 0.325 e. The van der Waals surface area contributed by atoms with E-state index in [1.165, 1.54) is 0 Å². The molecule has 0 N–H and O–H groups in total. The third-order valence-electron chi connectivity index (χ3n) is 2.94. The average molecular weight is 277 g/mol. The van der Waals surface area contributed by atoms with Crippen molar-refractivity contribution in [3.63, 3.8) is 0 Å². The zero-order valence-corrected chi connectivity index (χ0v) is 12.3. The van der Waals surface area contributed by atoms with Gasteiger partial charge in [-0.05, 0) is 18.9 Å². The molecule has 0 saturated carbocycles. The van der Waals surface area contributed by atoms with Crippen molar-refractivity contribution in [2.75, 3.05) is 13.2 Å². The topological polar surface area (TPSA) is 46.6 Å². The number of carbonyl (C=O) groups excluding carboxylic acids is 2. The first-order valence-electron chi connectivity index (χ1n) is 7.14. The van der Waals surface area contributed by atoms with Crippen LogP contribution in [0.4, 0.5) is 0 Å². The highest BCUT2D eigenvalue weighted by Gasteiger charge is 2.17. The van der Waals surface area contributed by atoms with Gasteiger partial charge in [-0.15, -0.1) is 0 Å². The number of hydrogen-bond donors (Lipinski definition) is 0. The second kappa shape index (κ2) is 9.13. The minimum Gasteiger partial charge on any atom is -0.465 e. The summed E-state index contributed by atoms with van der Waals surface area (Å²) in [5, 5.41) is 0. The number of amides is 1. The quantitative estimate of drug-likeness (QED) is 0.686. The number of unbranched alkanes of at least 4 members (excludes halogenated alkanes) is 1. The SMILES string of the molecule is CCCCC(=O)N(CC(=O)OCC)Cc1ccccc1. The van der Waals surface area contributed by atoms with Crippen molar-refractivity contribution in [3.05, 3.63) is 35.9 Å². The van der Waals surface area contributed by atoms with Crippen molar-refractivity contribution >= 4 is 11.9 Å². The van der Waals surface area contributed by atoms with Crippen LogP contribution in [0.15, 0.2) is 30.3 Å². The lowest BCUT2D eigenvalue weighted by Gasteiger charge is -2.22. The van der Waals surface area contributed by atoms with Crippen molar-refractivity contribution < 1.29 is 14.3 Å². The molecule has 0 aromatic heterocycles. The Labute approximate surface area is 120 Å². The van der Waals surface area contributed by atoms with E-state index in [0.717, 1.165) is 18.4 Å². The molecule has 0 aliphatic rings. The van der Waals surface area contributed by atoms with Crippen molar-refractivity contribution in [1.82, 2.24) is 4.90 Å². The molecule has 0 fully saturated rings. The summed E-state index contributed by atoms with van der Waals surface area (Å²) in [4.78, 5) is 25.3. The molecule has 1 amide bonds. The van der Waals surface area contributed by atoms with E-state index < -0.39 is 0 Å². The summed E-state index contributed by atoms with van der Waals surface area (Å²) < 4.78 is 4.93. The predicted molar refractivity (Wildman–Crippen MR) is 78.0 cm³/mol. The summed E-state index contributed by atoms with van der Waals surface area (Å²) in [6, 6.07) is 9.68. The number of hydrogen-bond acceptors (Lipinski definition) is 3. The normalized spacial score (nSPS) is 10.1. The van der Waals surface area contributed by atoms with Crippen molar-refractivity contribution in [2.45, 2.75) is 39.7 Å². The van der Waals surface area contributed by atoms with E-state index >= 15 is 0 Å². The Kier molecular flexibility index (Phi) is 7.40. The van der Waals surface area contributed by atoms with Crippen LogP contribution in [0.3, 0.4) is 0 Å². The summed E-state index contributed by atoms with van der Waals surface area (Å²) in [6.45, 7) is 4.60. The van der Waals surface area contributed by atoms with E-state index in [4.69, 9.17) is 4.74 Å². The summed E-state index contributed by atoms with van der Waals surface area (Å²) in [5.41, 5.74) is 1.02. The van der Waals surface area contributed by atoms with Gasteiger partial charge in [0.1, 0.15) is 6.54 Å². The molecule has 0 aliphatic carbocycles. The highest BCUT2D eigenvalue weighted by molar-refractivity contribution is 5.82. The van der Waals surface area contributed by atoms with Crippen LogP contribution in [0.5, 0.6) is 0 Å². The standard InChI is InChI=1S/C16H23NO3/c1-3-5-11-15(18)17(13-16(19)20-4-2)12-14-9-7-6-8-10-14/h6-10H,3-5,11-13H2,1-2H3. The maximum absolute atomic E-state index is 12.2. The highest BCUT2D eigenvalue weighted by Crippen LogP contribution is 2.08. The van der Waals surface area contributed by atoms with Gasteiger partial charge in [-0.1, -0.05) is 43.7 Å². The predicted octanol–water partition coefficient (Wildman–Crippen LogP) is 2.77. The van der Waals surface area contributed by atoms with Crippen LogP contribution in [0, 0.1) is 0 Å². The summed E-state index contributed by atoms with van der Waals surface area (Å²) in [7, 11) is 0. The third-order valence-corrected chi connectivity index (χ3v) is 2.94. The van der Waals surface area contributed by atoms with Crippen LogP contribution in [0.25, 0.3) is 0 Å². The minimum absolute atomic E-state index is 0.00348. The zero-order valence-electron chi connectivity index (χ0n) is 12.3. The van der Waals surface area contributed by atoms with Gasteiger partial charge in [-0.3, -0.25) is 9.59 Å². The molecule has 0 unspecified atom stereocenters. The fourth-order valence-electron chi connectivity index (χ4n) is 1.88. The number of benzene rings is 1. The lowest BCUT2D eigenvalue weighted by atomic mass is 10.2. The molecule has 1 aromatic carbocycles. The first-order chi connectivity index (χ1) is 9.67. The molecule has 0 aliphatic heterocycles. The second-order valence-electron chi connectivity index (χ2n) is 4.64. The second-order valence-corrected chi connectivity index (χ2v) is 4.64. The van der Waals surface area contributed by atoms with Crippen LogP contribution < -0.4 is 0 Å². The fourth-order valence-corrected chi connectivity index (χ4v) is 1.88. The Morgan fingerprint density at radius 3 is 2.45 bits per heavy atom. The van der Waals surface area contributed by atoms with E-state index in [-0.39, 0.29) is 18.4 Å². The van der Waals surface area contributed by atoms with Gasteiger partial charge < -0.3 is 9.64 Å². The molecule has 20 heavy (non-hydrogen) atoms. The molecule has 0 atom stereocenters. The molecular weight excluding hydrogens is 254 g/mol. The van der Waals surface area contributed by atoms with Crippen molar-refractivity contribution in [3.8, 4) is 0 Å². The van der Waals surface area contributed by atoms with Gasteiger partial charge in [-0.25, -0.2) is 0 Å². The van der Waals surface area contributed by atoms with Gasteiger partial charge in [0, 0.05) is 13.0 Å². The molecular formula is C16H23NO3. The number of carbonyl (C=O) groups is 2. The van der Waals surface area contributed by atoms with E-state index in [2.05, 4.69) is 0 Å². The largest absolute Gasteiger partial charge is 0.465 e. The molecule has 1 rings (SSSR count). The highest BCUT2D eigenvalue weighted by atomic mass is 16.5.